The second kappa shape index (κ2) is 3.58. The van der Waals surface area contributed by atoms with E-state index in [9.17, 15) is 9.90 Å². The van der Waals surface area contributed by atoms with E-state index in [1.807, 2.05) is 0 Å². The van der Waals surface area contributed by atoms with Crippen LogP contribution >= 0.6 is 0 Å². The molecule has 0 radical (unpaired) electrons. The highest BCUT2D eigenvalue weighted by Gasteiger charge is 2.37. The summed E-state index contributed by atoms with van der Waals surface area (Å²) in [7, 11) is 0. The van der Waals surface area contributed by atoms with Crippen LogP contribution in [0.25, 0.3) is 0 Å². The van der Waals surface area contributed by atoms with Crippen molar-refractivity contribution in [1.29, 1.82) is 0 Å². The fourth-order valence-electron chi connectivity index (χ4n) is 1.17. The lowest BCUT2D eigenvalue weighted by Gasteiger charge is -2.17. The molecule has 0 saturated carbocycles. The molecule has 0 unspecified atom stereocenters. The van der Waals surface area contributed by atoms with Gasteiger partial charge in [0.1, 0.15) is 6.04 Å². The zero-order valence-corrected chi connectivity index (χ0v) is 6.84. The Balaban J connectivity index is 2.74. The zero-order valence-electron chi connectivity index (χ0n) is 6.84. The van der Waals surface area contributed by atoms with Crippen LogP contribution in [0.3, 0.4) is 0 Å². The predicted octanol–water partition coefficient (Wildman–Crippen LogP) is -2.95. The van der Waals surface area contributed by atoms with Gasteiger partial charge in [-0.2, -0.15) is 0 Å². The second-order valence-electron chi connectivity index (χ2n) is 2.77. The summed E-state index contributed by atoms with van der Waals surface area (Å²) in [4.78, 5) is 14.4. The number of rotatable bonds is 3. The Morgan fingerprint density at radius 1 is 1.77 bits per heavy atom. The maximum absolute atomic E-state index is 10.6. The number of hydrogen-bond acceptors (Lipinski definition) is 6. The van der Waals surface area contributed by atoms with Crippen LogP contribution in [0.4, 0.5) is 0 Å². The Morgan fingerprint density at radius 3 is 2.85 bits per heavy atom. The Kier molecular flexibility index (Phi) is 2.69. The quantitative estimate of drug-likeness (QED) is 0.321. The SMILES string of the molecule is NC[C@@H](O)[C@H]1N=C(N)N[C@@H]1C(=O)O. The first kappa shape index (κ1) is 9.75. The molecule has 1 aliphatic rings. The molecule has 0 saturated heterocycles. The van der Waals surface area contributed by atoms with E-state index in [1.54, 1.807) is 0 Å². The van der Waals surface area contributed by atoms with Crippen LogP contribution in [-0.4, -0.2) is 46.9 Å². The van der Waals surface area contributed by atoms with Crippen LogP contribution in [0.2, 0.25) is 0 Å². The number of nitrogens with one attached hydrogen (secondary N) is 1. The third kappa shape index (κ3) is 1.87. The number of carboxylic acids is 1. The van der Waals surface area contributed by atoms with Gasteiger partial charge in [-0.3, -0.25) is 0 Å². The van der Waals surface area contributed by atoms with Crippen LogP contribution in [0.5, 0.6) is 0 Å². The van der Waals surface area contributed by atoms with Crippen molar-refractivity contribution in [1.82, 2.24) is 5.32 Å². The summed E-state index contributed by atoms with van der Waals surface area (Å²) in [5.41, 5.74) is 10.4. The fourth-order valence-corrected chi connectivity index (χ4v) is 1.17. The molecule has 1 rings (SSSR count). The number of nitrogens with zero attached hydrogens (tertiary/aromatic N) is 1. The molecule has 0 spiro atoms. The Labute approximate surface area is 74.4 Å². The average Bonchev–Trinajstić information content (AvgIpc) is 2.46. The average molecular weight is 188 g/mol. The van der Waals surface area contributed by atoms with Gasteiger partial charge in [-0.1, -0.05) is 0 Å². The van der Waals surface area contributed by atoms with Crippen LogP contribution in [0, 0.1) is 0 Å². The van der Waals surface area contributed by atoms with Crippen LogP contribution < -0.4 is 16.8 Å². The molecule has 0 amide bonds. The lowest BCUT2D eigenvalue weighted by atomic mass is 10.0. The molecule has 7 N–H and O–H groups in total. The summed E-state index contributed by atoms with van der Waals surface area (Å²) in [5.74, 6) is -1.09. The van der Waals surface area contributed by atoms with E-state index in [2.05, 4.69) is 10.3 Å². The van der Waals surface area contributed by atoms with Gasteiger partial charge in [0.2, 0.25) is 0 Å². The Morgan fingerprint density at radius 2 is 2.38 bits per heavy atom. The molecule has 7 heteroatoms. The number of aliphatic carboxylic acids is 1. The molecule has 7 nitrogen and oxygen atoms in total. The summed E-state index contributed by atoms with van der Waals surface area (Å²) >= 11 is 0. The number of hydrogen-bond donors (Lipinski definition) is 5. The summed E-state index contributed by atoms with van der Waals surface area (Å²) in [6.45, 7) is -0.0487. The van der Waals surface area contributed by atoms with Crippen molar-refractivity contribution in [3.05, 3.63) is 0 Å². The molecular weight excluding hydrogens is 176 g/mol. The highest BCUT2D eigenvalue weighted by molar-refractivity contribution is 5.88. The number of guanidine groups is 1. The number of aliphatic imine (C=N–C) groups is 1. The highest BCUT2D eigenvalue weighted by Crippen LogP contribution is 2.10. The van der Waals surface area contributed by atoms with Crippen LogP contribution in [-0.2, 0) is 4.79 Å². The van der Waals surface area contributed by atoms with Crippen molar-refractivity contribution in [2.75, 3.05) is 6.54 Å². The van der Waals surface area contributed by atoms with Gasteiger partial charge in [0.25, 0.3) is 0 Å². The van der Waals surface area contributed by atoms with Crippen molar-refractivity contribution in [2.24, 2.45) is 16.5 Å². The molecule has 74 valence electrons. The van der Waals surface area contributed by atoms with Crippen molar-refractivity contribution < 1.29 is 15.0 Å². The maximum atomic E-state index is 10.6. The summed E-state index contributed by atoms with van der Waals surface area (Å²) < 4.78 is 0. The van der Waals surface area contributed by atoms with Gasteiger partial charge in [-0.15, -0.1) is 0 Å². The first-order valence-corrected chi connectivity index (χ1v) is 3.77. The molecule has 1 heterocycles. The highest BCUT2D eigenvalue weighted by atomic mass is 16.4. The van der Waals surface area contributed by atoms with E-state index in [-0.39, 0.29) is 12.5 Å². The van der Waals surface area contributed by atoms with Crippen molar-refractivity contribution in [3.63, 3.8) is 0 Å². The van der Waals surface area contributed by atoms with Crippen LogP contribution in [0.15, 0.2) is 4.99 Å². The largest absolute Gasteiger partial charge is 0.480 e. The molecule has 1 aliphatic heterocycles. The lowest BCUT2D eigenvalue weighted by molar-refractivity contribution is -0.140. The molecular formula is C6H12N4O3. The van der Waals surface area contributed by atoms with E-state index in [1.165, 1.54) is 0 Å². The molecule has 0 aromatic heterocycles. The van der Waals surface area contributed by atoms with E-state index in [0.29, 0.717) is 0 Å². The van der Waals surface area contributed by atoms with Crippen molar-refractivity contribution in [3.8, 4) is 0 Å². The normalized spacial score (nSPS) is 29.2. The minimum atomic E-state index is -1.11. The van der Waals surface area contributed by atoms with Crippen LogP contribution in [0.1, 0.15) is 0 Å². The van der Waals surface area contributed by atoms with Gasteiger partial charge in [-0.25, -0.2) is 9.79 Å². The number of carboxylic acid groups (broad SMARTS) is 1. The zero-order chi connectivity index (χ0) is 10.0. The minimum Gasteiger partial charge on any atom is -0.480 e. The second-order valence-corrected chi connectivity index (χ2v) is 2.77. The lowest BCUT2D eigenvalue weighted by Crippen LogP contribution is -2.49. The van der Waals surface area contributed by atoms with Gasteiger partial charge in [0.15, 0.2) is 12.0 Å². The molecule has 3 atom stereocenters. The Hall–Kier alpha value is -1.34. The van der Waals surface area contributed by atoms with Gasteiger partial charge >= 0.3 is 5.97 Å². The number of carbonyl (C=O) groups is 1. The topological polar surface area (TPSA) is 134 Å². The summed E-state index contributed by atoms with van der Waals surface area (Å²) in [5, 5.41) is 20.4. The van der Waals surface area contributed by atoms with E-state index < -0.39 is 24.2 Å². The predicted molar refractivity (Wildman–Crippen MR) is 45.0 cm³/mol. The van der Waals surface area contributed by atoms with Gasteiger partial charge < -0.3 is 27.0 Å². The third-order valence-corrected chi connectivity index (χ3v) is 1.83. The summed E-state index contributed by atoms with van der Waals surface area (Å²) in [6, 6.07) is -1.79. The molecule has 0 aromatic rings. The first-order valence-electron chi connectivity index (χ1n) is 3.77. The molecule has 13 heavy (non-hydrogen) atoms. The van der Waals surface area contributed by atoms with Gasteiger partial charge in [0, 0.05) is 6.54 Å². The van der Waals surface area contributed by atoms with E-state index >= 15 is 0 Å². The number of nitrogens with two attached hydrogens (primary N) is 2. The van der Waals surface area contributed by atoms with Crippen molar-refractivity contribution in [2.45, 2.75) is 18.2 Å². The number of aliphatic hydroxyl groups is 1. The van der Waals surface area contributed by atoms with Gasteiger partial charge in [-0.05, 0) is 0 Å². The molecule has 0 aromatic carbocycles. The molecule has 0 fully saturated rings. The first-order chi connectivity index (χ1) is 6.06. The Bertz CT molecular complexity index is 242. The maximum Gasteiger partial charge on any atom is 0.328 e. The summed E-state index contributed by atoms with van der Waals surface area (Å²) in [6.07, 6.45) is -0.991. The van der Waals surface area contributed by atoms with Crippen molar-refractivity contribution >= 4 is 11.9 Å². The number of aliphatic hydroxyl groups excluding tert-OH is 1. The monoisotopic (exact) mass is 188 g/mol. The van der Waals surface area contributed by atoms with E-state index in [0.717, 1.165) is 0 Å². The molecule has 0 bridgehead atoms. The smallest absolute Gasteiger partial charge is 0.328 e. The minimum absolute atomic E-state index is 0.0184. The van der Waals surface area contributed by atoms with Gasteiger partial charge in [0.05, 0.1) is 6.10 Å². The fraction of sp³-hybridized carbons (Fsp3) is 0.667. The van der Waals surface area contributed by atoms with E-state index in [4.69, 9.17) is 16.6 Å². The third-order valence-electron chi connectivity index (χ3n) is 1.83. The standard InChI is InChI=1S/C6H12N4O3/c7-1-2(11)3-4(5(12)13)10-6(8)9-3/h2-4,11H,1,7H2,(H,12,13)(H3,8,9,10)/t2-,3-,4+/m1/s1. The molecule has 0 aliphatic carbocycles.